The number of piperazine rings is 1. The first-order valence-electron chi connectivity index (χ1n) is 6.23. The van der Waals surface area contributed by atoms with Gasteiger partial charge in [-0.3, -0.25) is 0 Å². The molecule has 1 saturated heterocycles. The van der Waals surface area contributed by atoms with Crippen molar-refractivity contribution in [3.8, 4) is 0 Å². The number of aliphatic hydroxyl groups is 1. The van der Waals surface area contributed by atoms with E-state index < -0.39 is 0 Å². The van der Waals surface area contributed by atoms with Gasteiger partial charge in [0.15, 0.2) is 0 Å². The Kier molecular flexibility index (Phi) is 8.49. The Morgan fingerprint density at radius 1 is 1.06 bits per heavy atom. The fourth-order valence-electron chi connectivity index (χ4n) is 1.51. The molecular formula is C11H22N2O5. The Balaban J connectivity index is 1.89. The lowest BCUT2D eigenvalue weighted by molar-refractivity contribution is 0.0138. The summed E-state index contributed by atoms with van der Waals surface area (Å²) < 4.78 is 15.3. The molecule has 1 aliphatic heterocycles. The molecule has 1 fully saturated rings. The number of carbonyl (C=O) groups is 1. The third-order valence-electron chi connectivity index (χ3n) is 2.44. The third-order valence-corrected chi connectivity index (χ3v) is 2.44. The number of amides is 1. The molecule has 0 unspecified atom stereocenters. The van der Waals surface area contributed by atoms with E-state index in [2.05, 4.69) is 5.32 Å². The fraction of sp³-hybridized carbons (Fsp3) is 0.909. The van der Waals surface area contributed by atoms with Crippen molar-refractivity contribution >= 4 is 6.09 Å². The van der Waals surface area contributed by atoms with Crippen LogP contribution >= 0.6 is 0 Å². The Morgan fingerprint density at radius 2 is 1.67 bits per heavy atom. The van der Waals surface area contributed by atoms with Crippen LogP contribution in [0.4, 0.5) is 4.79 Å². The highest BCUT2D eigenvalue weighted by atomic mass is 16.6. The maximum Gasteiger partial charge on any atom is 0.409 e. The molecule has 2 N–H and O–H groups in total. The van der Waals surface area contributed by atoms with Crippen molar-refractivity contribution < 1.29 is 24.1 Å². The van der Waals surface area contributed by atoms with Crippen LogP contribution in [-0.2, 0) is 14.2 Å². The maximum atomic E-state index is 11.5. The number of hydrogen-bond acceptors (Lipinski definition) is 6. The van der Waals surface area contributed by atoms with Crippen LogP contribution in [0.2, 0.25) is 0 Å². The second kappa shape index (κ2) is 10.1. The molecule has 0 spiro atoms. The SMILES string of the molecule is O=C(OCCOCCOCCO)N1CCNCC1. The summed E-state index contributed by atoms with van der Waals surface area (Å²) in [4.78, 5) is 13.2. The molecule has 7 nitrogen and oxygen atoms in total. The van der Waals surface area contributed by atoms with Crippen LogP contribution in [0.1, 0.15) is 0 Å². The van der Waals surface area contributed by atoms with Gasteiger partial charge in [0.1, 0.15) is 6.61 Å². The number of nitrogens with one attached hydrogen (secondary N) is 1. The van der Waals surface area contributed by atoms with Crippen LogP contribution in [0.5, 0.6) is 0 Å². The molecule has 7 heteroatoms. The minimum Gasteiger partial charge on any atom is -0.447 e. The summed E-state index contributed by atoms with van der Waals surface area (Å²) >= 11 is 0. The molecule has 106 valence electrons. The van der Waals surface area contributed by atoms with E-state index in [0.717, 1.165) is 13.1 Å². The number of aliphatic hydroxyl groups excluding tert-OH is 1. The Labute approximate surface area is 107 Å². The van der Waals surface area contributed by atoms with Crippen LogP contribution in [0.25, 0.3) is 0 Å². The quantitative estimate of drug-likeness (QED) is 0.549. The van der Waals surface area contributed by atoms with Crippen LogP contribution in [0.3, 0.4) is 0 Å². The Bertz CT molecular complexity index is 221. The molecule has 0 radical (unpaired) electrons. The largest absolute Gasteiger partial charge is 0.447 e. The van der Waals surface area contributed by atoms with E-state index in [1.165, 1.54) is 0 Å². The summed E-state index contributed by atoms with van der Waals surface area (Å²) in [5.41, 5.74) is 0. The maximum absolute atomic E-state index is 11.5. The number of hydrogen-bond donors (Lipinski definition) is 2. The smallest absolute Gasteiger partial charge is 0.409 e. The van der Waals surface area contributed by atoms with Gasteiger partial charge in [0.05, 0.1) is 33.0 Å². The first-order chi connectivity index (χ1) is 8.84. The highest BCUT2D eigenvalue weighted by molar-refractivity contribution is 5.67. The van der Waals surface area contributed by atoms with Crippen molar-refractivity contribution in [2.75, 3.05) is 65.8 Å². The first-order valence-corrected chi connectivity index (χ1v) is 6.23. The van der Waals surface area contributed by atoms with Gasteiger partial charge in [-0.05, 0) is 0 Å². The predicted molar refractivity (Wildman–Crippen MR) is 64.5 cm³/mol. The van der Waals surface area contributed by atoms with Crippen molar-refractivity contribution in [2.24, 2.45) is 0 Å². The molecule has 0 atom stereocenters. The van der Waals surface area contributed by atoms with Crippen LogP contribution in [0, 0.1) is 0 Å². The molecule has 18 heavy (non-hydrogen) atoms. The van der Waals surface area contributed by atoms with Gasteiger partial charge in [-0.1, -0.05) is 0 Å². The van der Waals surface area contributed by atoms with E-state index in [9.17, 15) is 4.79 Å². The van der Waals surface area contributed by atoms with Gasteiger partial charge in [-0.2, -0.15) is 0 Å². The summed E-state index contributed by atoms with van der Waals surface area (Å²) in [5, 5.41) is 11.6. The summed E-state index contributed by atoms with van der Waals surface area (Å²) in [6.45, 7) is 4.83. The Hall–Kier alpha value is -0.890. The molecule has 0 aromatic rings. The van der Waals surface area contributed by atoms with Crippen molar-refractivity contribution in [3.05, 3.63) is 0 Å². The van der Waals surface area contributed by atoms with Crippen molar-refractivity contribution in [2.45, 2.75) is 0 Å². The average Bonchev–Trinajstić information content (AvgIpc) is 2.42. The number of nitrogens with zero attached hydrogens (tertiary/aromatic N) is 1. The second-order valence-electron chi connectivity index (χ2n) is 3.80. The van der Waals surface area contributed by atoms with E-state index in [0.29, 0.717) is 39.5 Å². The number of rotatable bonds is 8. The molecule has 0 aromatic heterocycles. The number of carbonyl (C=O) groups excluding carboxylic acids is 1. The average molecular weight is 262 g/mol. The Morgan fingerprint density at radius 3 is 2.33 bits per heavy atom. The molecule has 1 heterocycles. The predicted octanol–water partition coefficient (Wildman–Crippen LogP) is -0.946. The lowest BCUT2D eigenvalue weighted by Crippen LogP contribution is -2.46. The fourth-order valence-corrected chi connectivity index (χ4v) is 1.51. The van der Waals surface area contributed by atoms with Gasteiger partial charge in [0.25, 0.3) is 0 Å². The number of ether oxygens (including phenoxy) is 3. The topological polar surface area (TPSA) is 80.3 Å². The van der Waals surface area contributed by atoms with E-state index in [1.54, 1.807) is 4.90 Å². The van der Waals surface area contributed by atoms with Gasteiger partial charge in [0.2, 0.25) is 0 Å². The van der Waals surface area contributed by atoms with E-state index in [-0.39, 0.29) is 19.3 Å². The summed E-state index contributed by atoms with van der Waals surface area (Å²) in [7, 11) is 0. The van der Waals surface area contributed by atoms with Crippen LogP contribution in [-0.4, -0.2) is 81.9 Å². The molecule has 0 aliphatic carbocycles. The molecule has 1 aliphatic rings. The molecule has 0 aromatic carbocycles. The molecule has 1 amide bonds. The van der Waals surface area contributed by atoms with Gasteiger partial charge in [0, 0.05) is 26.2 Å². The minimum absolute atomic E-state index is 0.0162. The van der Waals surface area contributed by atoms with Gasteiger partial charge in [-0.25, -0.2) is 4.79 Å². The zero-order chi connectivity index (χ0) is 13.1. The highest BCUT2D eigenvalue weighted by Gasteiger charge is 2.16. The first kappa shape index (κ1) is 15.2. The molecule has 1 rings (SSSR count). The lowest BCUT2D eigenvalue weighted by Gasteiger charge is -2.26. The zero-order valence-corrected chi connectivity index (χ0v) is 10.6. The normalized spacial score (nSPS) is 15.7. The summed E-state index contributed by atoms with van der Waals surface area (Å²) in [6, 6.07) is 0. The van der Waals surface area contributed by atoms with Crippen molar-refractivity contribution in [1.82, 2.24) is 10.2 Å². The highest BCUT2D eigenvalue weighted by Crippen LogP contribution is 1.96. The molecule has 0 bridgehead atoms. The van der Waals surface area contributed by atoms with Crippen molar-refractivity contribution in [1.29, 1.82) is 0 Å². The van der Waals surface area contributed by atoms with E-state index >= 15 is 0 Å². The minimum atomic E-state index is -0.281. The van der Waals surface area contributed by atoms with Gasteiger partial charge < -0.3 is 29.5 Å². The molecule has 0 saturated carbocycles. The summed E-state index contributed by atoms with van der Waals surface area (Å²) in [5.74, 6) is 0. The summed E-state index contributed by atoms with van der Waals surface area (Å²) in [6.07, 6.45) is -0.281. The third kappa shape index (κ3) is 6.75. The van der Waals surface area contributed by atoms with Gasteiger partial charge in [-0.15, -0.1) is 0 Å². The zero-order valence-electron chi connectivity index (χ0n) is 10.6. The van der Waals surface area contributed by atoms with Gasteiger partial charge >= 0.3 is 6.09 Å². The van der Waals surface area contributed by atoms with Crippen LogP contribution < -0.4 is 5.32 Å². The molecular weight excluding hydrogens is 240 g/mol. The van der Waals surface area contributed by atoms with E-state index in [4.69, 9.17) is 19.3 Å². The van der Waals surface area contributed by atoms with E-state index in [1.807, 2.05) is 0 Å². The monoisotopic (exact) mass is 262 g/mol. The van der Waals surface area contributed by atoms with Crippen molar-refractivity contribution in [3.63, 3.8) is 0 Å². The second-order valence-corrected chi connectivity index (χ2v) is 3.80. The van der Waals surface area contributed by atoms with Crippen LogP contribution in [0.15, 0.2) is 0 Å². The lowest BCUT2D eigenvalue weighted by atomic mass is 10.4. The standard InChI is InChI=1S/C11H22N2O5/c14-5-6-16-7-8-17-9-10-18-11(15)13-3-1-12-2-4-13/h12,14H,1-10H2.